The molecular weight excluding hydrogens is 343 g/mol. The highest BCUT2D eigenvalue weighted by molar-refractivity contribution is 5.82. The number of nitrogens with zero attached hydrogens (tertiary/aromatic N) is 4. The van der Waals surface area contributed by atoms with Gasteiger partial charge in [0.05, 0.1) is 12.2 Å². The lowest BCUT2D eigenvalue weighted by Crippen LogP contribution is -2.44. The van der Waals surface area contributed by atoms with Crippen LogP contribution in [0.15, 0.2) is 36.7 Å². The van der Waals surface area contributed by atoms with Crippen LogP contribution in [0.25, 0.3) is 0 Å². The number of carbonyl (C=O) groups excluding carboxylic acids is 1. The number of halogens is 1. The molecule has 0 radical (unpaired) electrons. The van der Waals surface area contributed by atoms with Crippen molar-refractivity contribution in [3.05, 3.63) is 53.6 Å². The van der Waals surface area contributed by atoms with Crippen molar-refractivity contribution in [2.24, 2.45) is 13.0 Å². The SMILES string of the molecule is Cn1cc(CC2CCN(C(=O)C3CCCN3Cc3ccc(F)cc3)C2)cn1. The van der Waals surface area contributed by atoms with Crippen LogP contribution in [-0.4, -0.2) is 51.2 Å². The van der Waals surface area contributed by atoms with E-state index in [1.807, 2.05) is 30.1 Å². The molecule has 1 aromatic heterocycles. The molecule has 0 spiro atoms. The molecule has 1 amide bonds. The molecule has 6 heteroatoms. The van der Waals surface area contributed by atoms with Crippen LogP contribution in [0.3, 0.4) is 0 Å². The van der Waals surface area contributed by atoms with Crippen molar-refractivity contribution in [3.63, 3.8) is 0 Å². The van der Waals surface area contributed by atoms with Gasteiger partial charge in [-0.25, -0.2) is 4.39 Å². The lowest BCUT2D eigenvalue weighted by atomic mass is 10.0. The Labute approximate surface area is 159 Å². The quantitative estimate of drug-likeness (QED) is 0.812. The normalized spacial score (nSPS) is 23.3. The van der Waals surface area contributed by atoms with E-state index in [4.69, 9.17) is 0 Å². The summed E-state index contributed by atoms with van der Waals surface area (Å²) in [6.07, 6.45) is 8.00. The average Bonchev–Trinajstić information content (AvgIpc) is 3.39. The summed E-state index contributed by atoms with van der Waals surface area (Å²) in [5.41, 5.74) is 2.31. The van der Waals surface area contributed by atoms with Gasteiger partial charge in [-0.15, -0.1) is 0 Å². The van der Waals surface area contributed by atoms with E-state index in [9.17, 15) is 9.18 Å². The van der Waals surface area contributed by atoms with Gasteiger partial charge in [0, 0.05) is 32.9 Å². The number of hydrogen-bond acceptors (Lipinski definition) is 3. The summed E-state index contributed by atoms with van der Waals surface area (Å²) >= 11 is 0. The fourth-order valence-corrected chi connectivity index (χ4v) is 4.44. The van der Waals surface area contributed by atoms with Crippen molar-refractivity contribution >= 4 is 5.91 Å². The van der Waals surface area contributed by atoms with E-state index in [-0.39, 0.29) is 17.8 Å². The van der Waals surface area contributed by atoms with E-state index < -0.39 is 0 Å². The zero-order valence-electron chi connectivity index (χ0n) is 15.9. The van der Waals surface area contributed by atoms with Crippen molar-refractivity contribution in [1.82, 2.24) is 19.6 Å². The number of hydrogen-bond donors (Lipinski definition) is 0. The summed E-state index contributed by atoms with van der Waals surface area (Å²) < 4.78 is 15.0. The summed E-state index contributed by atoms with van der Waals surface area (Å²) in [5, 5.41) is 4.24. The standard InChI is InChI=1S/C21H27FN4O/c1-24-13-18(12-23-24)11-17-8-10-26(15-17)21(27)20-3-2-9-25(20)14-16-4-6-19(22)7-5-16/h4-7,12-13,17,20H,2-3,8-11,14-15H2,1H3. The van der Waals surface area contributed by atoms with Crippen LogP contribution in [0.5, 0.6) is 0 Å². The second-order valence-corrected chi connectivity index (χ2v) is 7.92. The van der Waals surface area contributed by atoms with Crippen molar-refractivity contribution in [2.45, 2.75) is 38.3 Å². The molecule has 2 aliphatic heterocycles. The molecule has 2 atom stereocenters. The molecule has 2 aromatic rings. The van der Waals surface area contributed by atoms with Crippen LogP contribution in [0.1, 0.15) is 30.4 Å². The van der Waals surface area contributed by atoms with Crippen LogP contribution < -0.4 is 0 Å². The Morgan fingerprint density at radius 1 is 1.19 bits per heavy atom. The Hall–Kier alpha value is -2.21. The Balaban J connectivity index is 1.34. The fraction of sp³-hybridized carbons (Fsp3) is 0.524. The smallest absolute Gasteiger partial charge is 0.239 e. The van der Waals surface area contributed by atoms with Crippen LogP contribution in [0.4, 0.5) is 4.39 Å². The van der Waals surface area contributed by atoms with Gasteiger partial charge in [-0.05, 0) is 61.4 Å². The molecule has 4 rings (SSSR count). The number of rotatable bonds is 5. The van der Waals surface area contributed by atoms with Gasteiger partial charge >= 0.3 is 0 Å². The first-order valence-corrected chi connectivity index (χ1v) is 9.83. The van der Waals surface area contributed by atoms with Gasteiger partial charge in [-0.1, -0.05) is 12.1 Å². The molecule has 144 valence electrons. The van der Waals surface area contributed by atoms with E-state index in [1.165, 1.54) is 17.7 Å². The predicted octanol–water partition coefficient (Wildman–Crippen LogP) is 2.61. The topological polar surface area (TPSA) is 41.4 Å². The number of aromatic nitrogens is 2. The summed E-state index contributed by atoms with van der Waals surface area (Å²) in [5.74, 6) is 0.568. The molecule has 2 aliphatic rings. The molecule has 0 saturated carbocycles. The van der Waals surface area contributed by atoms with Crippen molar-refractivity contribution < 1.29 is 9.18 Å². The highest BCUT2D eigenvalue weighted by atomic mass is 19.1. The van der Waals surface area contributed by atoms with Crippen molar-refractivity contribution in [2.75, 3.05) is 19.6 Å². The molecule has 3 heterocycles. The summed E-state index contributed by atoms with van der Waals surface area (Å²) in [4.78, 5) is 17.4. The number of carbonyl (C=O) groups is 1. The second-order valence-electron chi connectivity index (χ2n) is 7.92. The zero-order chi connectivity index (χ0) is 18.8. The maximum Gasteiger partial charge on any atom is 0.239 e. The van der Waals surface area contributed by atoms with Gasteiger partial charge in [0.1, 0.15) is 5.82 Å². The molecule has 2 saturated heterocycles. The first kappa shape index (κ1) is 18.2. The molecule has 0 bridgehead atoms. The molecule has 1 aromatic carbocycles. The highest BCUT2D eigenvalue weighted by Gasteiger charge is 2.36. The number of aryl methyl sites for hydroxylation is 1. The molecule has 0 N–H and O–H groups in total. The van der Waals surface area contributed by atoms with E-state index >= 15 is 0 Å². The molecule has 5 nitrogen and oxygen atoms in total. The fourth-order valence-electron chi connectivity index (χ4n) is 4.44. The van der Waals surface area contributed by atoms with Crippen LogP contribution in [-0.2, 0) is 24.8 Å². The van der Waals surface area contributed by atoms with Crippen LogP contribution >= 0.6 is 0 Å². The summed E-state index contributed by atoms with van der Waals surface area (Å²) in [7, 11) is 1.93. The summed E-state index contributed by atoms with van der Waals surface area (Å²) in [6, 6.07) is 6.58. The third-order valence-electron chi connectivity index (χ3n) is 5.83. The minimum Gasteiger partial charge on any atom is -0.341 e. The minimum atomic E-state index is -0.218. The lowest BCUT2D eigenvalue weighted by molar-refractivity contribution is -0.135. The molecule has 2 unspecified atom stereocenters. The lowest BCUT2D eigenvalue weighted by Gasteiger charge is -2.28. The van der Waals surface area contributed by atoms with Crippen molar-refractivity contribution in [1.29, 1.82) is 0 Å². The summed E-state index contributed by atoms with van der Waals surface area (Å²) in [6.45, 7) is 3.34. The van der Waals surface area contributed by atoms with Gasteiger partial charge in [0.25, 0.3) is 0 Å². The first-order valence-electron chi connectivity index (χ1n) is 9.83. The van der Waals surface area contributed by atoms with Gasteiger partial charge < -0.3 is 4.90 Å². The maximum atomic E-state index is 13.1. The molecule has 0 aliphatic carbocycles. The number of benzene rings is 1. The Kier molecular flexibility index (Phi) is 5.25. The molecular formula is C21H27FN4O. The van der Waals surface area contributed by atoms with Gasteiger partial charge in [-0.2, -0.15) is 5.10 Å². The van der Waals surface area contributed by atoms with Gasteiger partial charge in [0.2, 0.25) is 5.91 Å². The number of amides is 1. The Bertz CT molecular complexity index is 788. The molecule has 27 heavy (non-hydrogen) atoms. The predicted molar refractivity (Wildman–Crippen MR) is 101 cm³/mol. The zero-order valence-corrected chi connectivity index (χ0v) is 15.9. The Morgan fingerprint density at radius 3 is 2.74 bits per heavy atom. The molecule has 2 fully saturated rings. The maximum absolute atomic E-state index is 13.1. The monoisotopic (exact) mass is 370 g/mol. The number of likely N-dealkylation sites (tertiary alicyclic amines) is 2. The van der Waals surface area contributed by atoms with E-state index in [0.29, 0.717) is 12.5 Å². The largest absolute Gasteiger partial charge is 0.341 e. The Morgan fingerprint density at radius 2 is 2.00 bits per heavy atom. The van der Waals surface area contributed by atoms with E-state index in [2.05, 4.69) is 21.1 Å². The third kappa shape index (κ3) is 4.21. The third-order valence-corrected chi connectivity index (χ3v) is 5.83. The van der Waals surface area contributed by atoms with Crippen molar-refractivity contribution in [3.8, 4) is 0 Å². The van der Waals surface area contributed by atoms with Gasteiger partial charge in [0.15, 0.2) is 0 Å². The second kappa shape index (κ2) is 7.80. The van der Waals surface area contributed by atoms with Crippen LogP contribution in [0, 0.1) is 11.7 Å². The van der Waals surface area contributed by atoms with Crippen LogP contribution in [0.2, 0.25) is 0 Å². The average molecular weight is 370 g/mol. The van der Waals surface area contributed by atoms with E-state index in [1.54, 1.807) is 0 Å². The first-order chi connectivity index (χ1) is 13.1. The highest BCUT2D eigenvalue weighted by Crippen LogP contribution is 2.26. The minimum absolute atomic E-state index is 0.0350. The van der Waals surface area contributed by atoms with E-state index in [0.717, 1.165) is 50.9 Å². The van der Waals surface area contributed by atoms with Gasteiger partial charge in [-0.3, -0.25) is 14.4 Å².